The van der Waals surface area contributed by atoms with Gasteiger partial charge in [0.15, 0.2) is 0 Å². The first kappa shape index (κ1) is 34.3. The molecule has 212 valence electrons. The topological polar surface area (TPSA) is 0 Å². The molecular weight excluding hydrogens is 734 g/mol. The fourth-order valence-electron chi connectivity index (χ4n) is 6.88. The summed E-state index contributed by atoms with van der Waals surface area (Å²) in [5.41, 5.74) is 6.01. The number of benzene rings is 4. The number of hydrogen-bond acceptors (Lipinski definition) is 0. The van der Waals surface area contributed by atoms with E-state index in [4.69, 9.17) is 23.2 Å². The molecule has 0 radical (unpaired) electrons. The fourth-order valence-corrected chi connectivity index (χ4v) is 13.0. The maximum absolute atomic E-state index is 6.21. The third-order valence-electron chi connectivity index (χ3n) is 8.59. The second-order valence-corrected chi connectivity index (χ2v) is 17.4. The molecule has 0 fully saturated rings. The van der Waals surface area contributed by atoms with Gasteiger partial charge in [-0.25, -0.2) is 0 Å². The Kier molecular flexibility index (Phi) is 11.1. The number of halogens is 2. The van der Waals surface area contributed by atoms with Gasteiger partial charge in [0.2, 0.25) is 0 Å². The van der Waals surface area contributed by atoms with Crippen molar-refractivity contribution < 1.29 is 25.8 Å². The standard InChI is InChI=1S/C36H32Cl2Si.2CH3.Hf/c1-23(2)39(24(3)4,31-19-27-7-5-9-33(35(27)21-31)25-11-15-29(37)16-12-25)32-20-28-8-6-10-34(36(28)22-32)26-13-17-30(38)18-14-26;;;/h5-24H,1-4H3;2*1H3;/q-2;2*-1;+4. The van der Waals surface area contributed by atoms with Crippen molar-refractivity contribution in [3.63, 3.8) is 0 Å². The third-order valence-corrected chi connectivity index (χ3v) is 15.2. The Hall–Kier alpha value is -2.23. The smallest absolute Gasteiger partial charge is 0.358 e. The van der Waals surface area contributed by atoms with Crippen molar-refractivity contribution in [2.75, 3.05) is 0 Å². The summed E-state index contributed by atoms with van der Waals surface area (Å²) in [6.07, 6.45) is 0. The molecule has 0 unspecified atom stereocenters. The zero-order chi connectivity index (χ0) is 27.3. The zero-order valence-electron chi connectivity index (χ0n) is 25.3. The van der Waals surface area contributed by atoms with E-state index in [1.807, 2.05) is 24.3 Å². The van der Waals surface area contributed by atoms with E-state index >= 15 is 0 Å². The molecule has 0 saturated heterocycles. The Bertz CT molecular complexity index is 1640. The molecule has 6 rings (SSSR count). The normalized spacial score (nSPS) is 11.4. The molecule has 0 aliphatic rings. The average molecular weight is 772 g/mol. The number of rotatable bonds is 6. The molecule has 0 spiro atoms. The maximum Gasteiger partial charge on any atom is 4.00 e. The molecule has 0 atom stereocenters. The van der Waals surface area contributed by atoms with Gasteiger partial charge in [0.25, 0.3) is 0 Å². The van der Waals surface area contributed by atoms with Gasteiger partial charge in [0.1, 0.15) is 0 Å². The van der Waals surface area contributed by atoms with Crippen LogP contribution in [0.15, 0.2) is 109 Å². The zero-order valence-corrected chi connectivity index (χ0v) is 31.4. The second kappa shape index (κ2) is 13.6. The van der Waals surface area contributed by atoms with Gasteiger partial charge in [-0.05, 0) is 46.5 Å². The van der Waals surface area contributed by atoms with Crippen LogP contribution in [0.3, 0.4) is 0 Å². The van der Waals surface area contributed by atoms with Crippen molar-refractivity contribution in [2.45, 2.75) is 38.8 Å². The van der Waals surface area contributed by atoms with Crippen molar-refractivity contribution in [3.05, 3.63) is 134 Å². The molecule has 0 bridgehead atoms. The fraction of sp³-hybridized carbons (Fsp3) is 0.158. The van der Waals surface area contributed by atoms with Crippen LogP contribution >= 0.6 is 23.2 Å². The van der Waals surface area contributed by atoms with Gasteiger partial charge < -0.3 is 14.9 Å². The van der Waals surface area contributed by atoms with E-state index in [9.17, 15) is 0 Å². The predicted octanol–water partition coefficient (Wildman–Crippen LogP) is 11.4. The van der Waals surface area contributed by atoms with Crippen LogP contribution in [0, 0.1) is 14.9 Å². The van der Waals surface area contributed by atoms with Gasteiger partial charge in [0, 0.05) is 10.0 Å². The molecule has 0 nitrogen and oxygen atoms in total. The van der Waals surface area contributed by atoms with Crippen LogP contribution in [0.4, 0.5) is 0 Å². The Morgan fingerprint density at radius 3 is 1.24 bits per heavy atom. The average Bonchev–Trinajstić information content (AvgIpc) is 3.54. The Balaban J connectivity index is 0.00000161. The van der Waals surface area contributed by atoms with Crippen molar-refractivity contribution >= 4 is 63.2 Å². The summed E-state index contributed by atoms with van der Waals surface area (Å²) in [6, 6.07) is 39.8. The van der Waals surface area contributed by atoms with E-state index in [2.05, 4.69) is 113 Å². The van der Waals surface area contributed by atoms with E-state index < -0.39 is 8.07 Å². The summed E-state index contributed by atoms with van der Waals surface area (Å²) in [4.78, 5) is 0. The molecule has 0 aliphatic carbocycles. The van der Waals surface area contributed by atoms with Crippen LogP contribution < -0.4 is 10.4 Å². The van der Waals surface area contributed by atoms with Gasteiger partial charge in [-0.1, -0.05) is 98.4 Å². The number of hydrogen-bond donors (Lipinski definition) is 0. The number of fused-ring (bicyclic) bond motifs is 2. The van der Waals surface area contributed by atoms with Crippen molar-refractivity contribution in [3.8, 4) is 22.3 Å². The van der Waals surface area contributed by atoms with Gasteiger partial charge >= 0.3 is 25.8 Å². The molecule has 42 heavy (non-hydrogen) atoms. The van der Waals surface area contributed by atoms with Crippen LogP contribution in [0.5, 0.6) is 0 Å². The first-order valence-corrected chi connectivity index (χ1v) is 16.6. The minimum Gasteiger partial charge on any atom is -0.358 e. The minimum absolute atomic E-state index is 0. The third kappa shape index (κ3) is 5.81. The van der Waals surface area contributed by atoms with E-state index in [-0.39, 0.29) is 40.7 Å². The summed E-state index contributed by atoms with van der Waals surface area (Å²) in [7, 11) is -2.18. The minimum atomic E-state index is -2.18. The van der Waals surface area contributed by atoms with Gasteiger partial charge in [-0.2, -0.15) is 12.1 Å². The molecule has 0 N–H and O–H groups in total. The molecule has 0 amide bonds. The largest absolute Gasteiger partial charge is 4.00 e. The molecule has 0 heterocycles. The summed E-state index contributed by atoms with van der Waals surface area (Å²) < 4.78 is 0. The Morgan fingerprint density at radius 1 is 0.548 bits per heavy atom. The summed E-state index contributed by atoms with van der Waals surface area (Å²) in [5, 5.41) is 9.85. The van der Waals surface area contributed by atoms with Gasteiger partial charge in [-0.3, -0.25) is 0 Å². The SMILES string of the molecule is CC(C)[Si](c1cc2c(-c3ccc(Cl)cc3)cccc2[cH-]1)(c1cc2c(-c3ccc(Cl)cc3)cccc2[cH-]1)C(C)C.[CH3-].[CH3-].[Hf+4]. The molecule has 0 aromatic heterocycles. The predicted molar refractivity (Wildman–Crippen MR) is 188 cm³/mol. The van der Waals surface area contributed by atoms with E-state index in [1.165, 1.54) is 54.2 Å². The first-order chi connectivity index (χ1) is 18.8. The van der Waals surface area contributed by atoms with Crippen molar-refractivity contribution in [1.29, 1.82) is 0 Å². The van der Waals surface area contributed by atoms with Crippen LogP contribution in [0.25, 0.3) is 43.8 Å². The maximum atomic E-state index is 6.21. The van der Waals surface area contributed by atoms with Crippen LogP contribution in [-0.4, -0.2) is 8.07 Å². The quantitative estimate of drug-likeness (QED) is 0.117. The molecule has 6 aromatic rings. The van der Waals surface area contributed by atoms with Crippen molar-refractivity contribution in [2.24, 2.45) is 0 Å². The Morgan fingerprint density at radius 2 is 0.905 bits per heavy atom. The Labute approximate surface area is 282 Å². The van der Waals surface area contributed by atoms with E-state index in [1.54, 1.807) is 0 Å². The van der Waals surface area contributed by atoms with E-state index in [0.29, 0.717) is 11.1 Å². The second-order valence-electron chi connectivity index (χ2n) is 11.3. The summed E-state index contributed by atoms with van der Waals surface area (Å²) in [5.74, 6) is 0. The monoisotopic (exact) mass is 772 g/mol. The van der Waals surface area contributed by atoms with Crippen molar-refractivity contribution in [1.82, 2.24) is 0 Å². The van der Waals surface area contributed by atoms with Crippen LogP contribution in [0.2, 0.25) is 21.1 Å². The van der Waals surface area contributed by atoms with Crippen LogP contribution in [-0.2, 0) is 25.8 Å². The summed E-state index contributed by atoms with van der Waals surface area (Å²) >= 11 is 12.4. The molecule has 6 aromatic carbocycles. The molecular formula is C38H38Cl2HfSi. The molecule has 4 heteroatoms. The van der Waals surface area contributed by atoms with Gasteiger partial charge in [0.05, 0.1) is 8.07 Å². The summed E-state index contributed by atoms with van der Waals surface area (Å²) in [6.45, 7) is 9.73. The molecule has 0 saturated carbocycles. The van der Waals surface area contributed by atoms with Gasteiger partial charge in [-0.15, -0.1) is 68.3 Å². The first-order valence-electron chi connectivity index (χ1n) is 13.7. The van der Waals surface area contributed by atoms with Crippen LogP contribution in [0.1, 0.15) is 27.7 Å². The van der Waals surface area contributed by atoms with E-state index in [0.717, 1.165) is 10.0 Å². The molecule has 0 aliphatic heterocycles.